The summed E-state index contributed by atoms with van der Waals surface area (Å²) in [6, 6.07) is 0. The number of phosphoric ester groups is 2. The Bertz CT molecular complexity index is 2010. The molecule has 624 valence electrons. The van der Waals surface area contributed by atoms with E-state index < -0.39 is 97.5 Å². The number of unbranched alkanes of at least 4 members (excludes halogenated alkanes) is 53. The van der Waals surface area contributed by atoms with Gasteiger partial charge in [-0.3, -0.25) is 37.3 Å². The van der Waals surface area contributed by atoms with Crippen LogP contribution in [0.3, 0.4) is 0 Å². The number of rotatable bonds is 85. The number of aliphatic hydroxyl groups is 1. The lowest BCUT2D eigenvalue weighted by Gasteiger charge is -2.21. The summed E-state index contributed by atoms with van der Waals surface area (Å²) in [4.78, 5) is 73.2. The van der Waals surface area contributed by atoms with Gasteiger partial charge in [-0.25, -0.2) is 9.13 Å². The number of phosphoric acid groups is 2. The molecule has 0 spiro atoms. The quantitative estimate of drug-likeness (QED) is 0.0222. The van der Waals surface area contributed by atoms with Crippen molar-refractivity contribution in [1.82, 2.24) is 0 Å². The molecule has 19 heteroatoms. The SMILES string of the molecule is CCCCCCCCCCCCCCCCCCCCCCCC(=O)O[C@H](COC(=O)CCCCCCCCCCCCCCCCCCCCCC)COP(=O)(O)OC[C@@H](O)COP(=O)(O)OC[C@@H](COC(=O)CCCCCCCCC(C)CC)OC(=O)CCCCCCCCCCCCC(C)CC. The van der Waals surface area contributed by atoms with Crippen molar-refractivity contribution in [3.05, 3.63) is 0 Å². The first kappa shape index (κ1) is 103. The van der Waals surface area contributed by atoms with E-state index in [-0.39, 0.29) is 25.7 Å². The first-order chi connectivity index (χ1) is 50.9. The second-order valence-electron chi connectivity index (χ2n) is 31.4. The fourth-order valence-electron chi connectivity index (χ4n) is 13.4. The van der Waals surface area contributed by atoms with Crippen molar-refractivity contribution in [2.24, 2.45) is 11.8 Å². The van der Waals surface area contributed by atoms with Gasteiger partial charge in [0.05, 0.1) is 26.4 Å². The number of hydrogen-bond donors (Lipinski definition) is 3. The third-order valence-electron chi connectivity index (χ3n) is 20.9. The van der Waals surface area contributed by atoms with Crippen LogP contribution in [-0.4, -0.2) is 96.7 Å². The monoisotopic (exact) mass is 1540 g/mol. The van der Waals surface area contributed by atoms with Crippen molar-refractivity contribution in [1.29, 1.82) is 0 Å². The molecule has 0 aromatic carbocycles. The van der Waals surface area contributed by atoms with Gasteiger partial charge in [-0.1, -0.05) is 408 Å². The van der Waals surface area contributed by atoms with Crippen LogP contribution in [0.5, 0.6) is 0 Å². The molecule has 7 atom stereocenters. The molecule has 0 aromatic rings. The van der Waals surface area contributed by atoms with Crippen molar-refractivity contribution in [3.63, 3.8) is 0 Å². The molecule has 0 saturated heterocycles. The molecule has 0 aliphatic heterocycles. The minimum absolute atomic E-state index is 0.106. The van der Waals surface area contributed by atoms with Gasteiger partial charge in [-0.15, -0.1) is 0 Å². The second kappa shape index (κ2) is 77.4. The molecular weight excluding hydrogens is 1370 g/mol. The Labute approximate surface area is 645 Å². The molecule has 17 nitrogen and oxygen atoms in total. The van der Waals surface area contributed by atoms with E-state index in [2.05, 4.69) is 41.5 Å². The maximum absolute atomic E-state index is 13.1. The van der Waals surface area contributed by atoms with Gasteiger partial charge < -0.3 is 33.8 Å². The molecule has 3 N–H and O–H groups in total. The maximum Gasteiger partial charge on any atom is 0.472 e. The largest absolute Gasteiger partial charge is 0.472 e. The third kappa shape index (κ3) is 77.2. The van der Waals surface area contributed by atoms with Crippen molar-refractivity contribution >= 4 is 39.5 Å². The van der Waals surface area contributed by atoms with E-state index in [0.717, 1.165) is 108 Å². The van der Waals surface area contributed by atoms with Crippen LogP contribution in [0, 0.1) is 11.8 Å². The van der Waals surface area contributed by atoms with E-state index in [1.807, 2.05) is 0 Å². The van der Waals surface area contributed by atoms with Crippen LogP contribution in [0.25, 0.3) is 0 Å². The molecule has 0 radical (unpaired) electrons. The first-order valence-corrected chi connectivity index (χ1v) is 47.6. The Morgan fingerprint density at radius 2 is 0.457 bits per heavy atom. The van der Waals surface area contributed by atoms with Crippen LogP contribution in [0.2, 0.25) is 0 Å². The average Bonchev–Trinajstić information content (AvgIpc) is 0.925. The van der Waals surface area contributed by atoms with Crippen LogP contribution < -0.4 is 0 Å². The van der Waals surface area contributed by atoms with Crippen molar-refractivity contribution < 1.29 is 80.2 Å². The van der Waals surface area contributed by atoms with Gasteiger partial charge in [-0.2, -0.15) is 0 Å². The summed E-state index contributed by atoms with van der Waals surface area (Å²) >= 11 is 0. The molecule has 105 heavy (non-hydrogen) atoms. The second-order valence-corrected chi connectivity index (χ2v) is 34.3. The number of hydrogen-bond acceptors (Lipinski definition) is 15. The zero-order chi connectivity index (χ0) is 77.1. The molecule has 0 aliphatic carbocycles. The normalized spacial score (nSPS) is 14.3. The fourth-order valence-corrected chi connectivity index (χ4v) is 14.9. The summed E-state index contributed by atoms with van der Waals surface area (Å²) < 4.78 is 68.9. The van der Waals surface area contributed by atoms with Gasteiger partial charge in [0.25, 0.3) is 0 Å². The zero-order valence-corrected chi connectivity index (χ0v) is 70.8. The highest BCUT2D eigenvalue weighted by atomic mass is 31.2. The van der Waals surface area contributed by atoms with E-state index in [4.69, 9.17) is 37.0 Å². The standard InChI is InChI=1S/C86H168O17P2/c1-7-11-13-15-17-19-21-23-25-27-29-31-33-35-37-39-41-46-50-58-64-70-85(90)102-81(74-96-83(88)68-62-56-49-45-40-38-36-34-32-30-28-26-24-22-20-18-16-14-12-8-2)76-100-104(92,93)98-72-80(87)73-99-105(94,95)101-77-82(75-97-84(89)69-63-57-53-52-55-61-67-79(6)10-4)103-86(91)71-65-59-51-47-43-42-44-48-54-60-66-78(5)9-3/h78-82,87H,7-77H2,1-6H3,(H,92,93)(H,94,95)/t78?,79?,80-,81-,82-/m1/s1. The lowest BCUT2D eigenvalue weighted by Crippen LogP contribution is -2.30. The highest BCUT2D eigenvalue weighted by Crippen LogP contribution is 2.45. The Balaban J connectivity index is 5.22. The fraction of sp³-hybridized carbons (Fsp3) is 0.953. The van der Waals surface area contributed by atoms with Gasteiger partial charge in [0.2, 0.25) is 0 Å². The van der Waals surface area contributed by atoms with Crippen LogP contribution >= 0.6 is 15.6 Å². The number of ether oxygens (including phenoxy) is 4. The third-order valence-corrected chi connectivity index (χ3v) is 22.8. The zero-order valence-electron chi connectivity index (χ0n) is 69.0. The van der Waals surface area contributed by atoms with Crippen LogP contribution in [0.1, 0.15) is 459 Å². The Morgan fingerprint density at radius 1 is 0.267 bits per heavy atom. The van der Waals surface area contributed by atoms with E-state index in [1.165, 1.54) is 270 Å². The van der Waals surface area contributed by atoms with E-state index in [1.54, 1.807) is 0 Å². The summed E-state index contributed by atoms with van der Waals surface area (Å²) in [5.74, 6) is -0.572. The molecule has 0 heterocycles. The smallest absolute Gasteiger partial charge is 0.462 e. The number of carbonyl (C=O) groups is 4. The van der Waals surface area contributed by atoms with Gasteiger partial charge >= 0.3 is 39.5 Å². The highest BCUT2D eigenvalue weighted by molar-refractivity contribution is 7.47. The van der Waals surface area contributed by atoms with Gasteiger partial charge in [0.15, 0.2) is 12.2 Å². The summed E-state index contributed by atoms with van der Waals surface area (Å²) in [6.07, 6.45) is 69.6. The van der Waals surface area contributed by atoms with E-state index in [9.17, 15) is 43.2 Å². The number of carbonyl (C=O) groups excluding carboxylic acids is 4. The van der Waals surface area contributed by atoms with Gasteiger partial charge in [0.1, 0.15) is 19.3 Å². The molecular formula is C86H168O17P2. The maximum atomic E-state index is 13.1. The molecule has 0 rings (SSSR count). The molecule has 4 unspecified atom stereocenters. The molecule has 0 saturated carbocycles. The molecule has 0 aromatic heterocycles. The number of aliphatic hydroxyl groups excluding tert-OH is 1. The Kier molecular flexibility index (Phi) is 76.0. The summed E-state index contributed by atoms with van der Waals surface area (Å²) in [5, 5.41) is 10.7. The van der Waals surface area contributed by atoms with Crippen LogP contribution in [0.15, 0.2) is 0 Å². The Hall–Kier alpha value is -1.94. The Morgan fingerprint density at radius 3 is 0.676 bits per heavy atom. The van der Waals surface area contributed by atoms with Crippen LogP contribution in [0.4, 0.5) is 0 Å². The minimum Gasteiger partial charge on any atom is -0.462 e. The number of esters is 4. The molecule has 0 fully saturated rings. The predicted octanol–water partition coefficient (Wildman–Crippen LogP) is 26.2. The highest BCUT2D eigenvalue weighted by Gasteiger charge is 2.30. The van der Waals surface area contributed by atoms with Crippen molar-refractivity contribution in [2.75, 3.05) is 39.6 Å². The van der Waals surface area contributed by atoms with E-state index in [0.29, 0.717) is 25.7 Å². The predicted molar refractivity (Wildman–Crippen MR) is 432 cm³/mol. The summed E-state index contributed by atoms with van der Waals surface area (Å²) in [7, 11) is -9.93. The van der Waals surface area contributed by atoms with Gasteiger partial charge in [0, 0.05) is 25.7 Å². The van der Waals surface area contributed by atoms with Crippen molar-refractivity contribution in [2.45, 2.75) is 477 Å². The lowest BCUT2D eigenvalue weighted by atomic mass is 9.99. The summed E-state index contributed by atoms with van der Waals surface area (Å²) in [6.45, 7) is 9.64. The van der Waals surface area contributed by atoms with Gasteiger partial charge in [-0.05, 0) is 37.5 Å². The topological polar surface area (TPSA) is 237 Å². The molecule has 0 bridgehead atoms. The molecule has 0 aliphatic rings. The first-order valence-electron chi connectivity index (χ1n) is 44.6. The van der Waals surface area contributed by atoms with E-state index >= 15 is 0 Å². The summed E-state index contributed by atoms with van der Waals surface area (Å²) in [5.41, 5.74) is 0. The lowest BCUT2D eigenvalue weighted by molar-refractivity contribution is -0.161. The molecule has 0 amide bonds. The van der Waals surface area contributed by atoms with Crippen LogP contribution in [-0.2, 0) is 65.4 Å². The minimum atomic E-state index is -4.97. The van der Waals surface area contributed by atoms with Crippen molar-refractivity contribution in [3.8, 4) is 0 Å². The average molecular weight is 1540 g/mol.